The summed E-state index contributed by atoms with van der Waals surface area (Å²) in [6.07, 6.45) is 0. The van der Waals surface area contributed by atoms with Crippen LogP contribution in [0.4, 0.5) is 5.69 Å². The predicted octanol–water partition coefficient (Wildman–Crippen LogP) is 4.01. The molecule has 1 nitrogen and oxygen atoms in total. The first kappa shape index (κ1) is 9.91. The van der Waals surface area contributed by atoms with Crippen LogP contribution in [0, 0.1) is 0 Å². The first-order chi connectivity index (χ1) is 7.84. The van der Waals surface area contributed by atoms with E-state index in [0.29, 0.717) is 6.04 Å². The summed E-state index contributed by atoms with van der Waals surface area (Å²) in [6, 6.07) is 19.7. The maximum Gasteiger partial charge on any atom is 0.0718 e. The summed E-state index contributed by atoms with van der Waals surface area (Å²) in [5, 5.41) is 0. The Morgan fingerprint density at radius 1 is 0.938 bits per heavy atom. The topological polar surface area (TPSA) is 3.01 Å². The molecule has 0 amide bonds. The summed E-state index contributed by atoms with van der Waals surface area (Å²) in [7, 11) is 0. The molecule has 2 aromatic carbocycles. The SMILES string of the molecule is Brc1ccc(C2CN2c2ccccc2)cc1. The lowest BCUT2D eigenvalue weighted by Crippen LogP contribution is -1.93. The Hall–Kier alpha value is -1.28. The van der Waals surface area contributed by atoms with Crippen molar-refractivity contribution in [1.82, 2.24) is 0 Å². The van der Waals surface area contributed by atoms with Gasteiger partial charge < -0.3 is 4.90 Å². The van der Waals surface area contributed by atoms with Gasteiger partial charge in [-0.25, -0.2) is 0 Å². The number of halogens is 1. The second-order valence-corrected chi connectivity index (χ2v) is 4.97. The van der Waals surface area contributed by atoms with Crippen molar-refractivity contribution in [2.45, 2.75) is 6.04 Å². The van der Waals surface area contributed by atoms with Gasteiger partial charge in [-0.1, -0.05) is 46.3 Å². The third-order valence-electron chi connectivity index (χ3n) is 2.95. The number of nitrogens with zero attached hydrogens (tertiary/aromatic N) is 1. The molecule has 0 bridgehead atoms. The van der Waals surface area contributed by atoms with Crippen LogP contribution in [-0.2, 0) is 0 Å². The number of rotatable bonds is 2. The molecule has 0 aromatic heterocycles. The van der Waals surface area contributed by atoms with E-state index in [1.165, 1.54) is 11.3 Å². The smallest absolute Gasteiger partial charge is 0.0718 e. The molecule has 0 saturated carbocycles. The van der Waals surface area contributed by atoms with Crippen molar-refractivity contribution in [2.24, 2.45) is 0 Å². The molecule has 0 spiro atoms. The third kappa shape index (κ3) is 1.85. The molecule has 1 unspecified atom stereocenters. The molecule has 0 N–H and O–H groups in total. The second-order valence-electron chi connectivity index (χ2n) is 4.06. The number of para-hydroxylation sites is 1. The maximum atomic E-state index is 3.46. The Bertz CT molecular complexity index is 478. The van der Waals surface area contributed by atoms with Crippen molar-refractivity contribution in [2.75, 3.05) is 11.4 Å². The molecule has 2 heteroatoms. The predicted molar refractivity (Wildman–Crippen MR) is 70.7 cm³/mol. The van der Waals surface area contributed by atoms with Crippen LogP contribution in [-0.4, -0.2) is 6.54 Å². The molecule has 1 heterocycles. The van der Waals surface area contributed by atoms with E-state index < -0.39 is 0 Å². The van der Waals surface area contributed by atoms with Gasteiger partial charge in [0.15, 0.2) is 0 Å². The van der Waals surface area contributed by atoms with E-state index in [1.54, 1.807) is 0 Å². The van der Waals surface area contributed by atoms with Gasteiger partial charge >= 0.3 is 0 Å². The van der Waals surface area contributed by atoms with Crippen LogP contribution in [0.15, 0.2) is 59.1 Å². The fourth-order valence-electron chi connectivity index (χ4n) is 2.01. The zero-order valence-corrected chi connectivity index (χ0v) is 10.4. The molecule has 0 radical (unpaired) electrons. The van der Waals surface area contributed by atoms with Crippen molar-refractivity contribution < 1.29 is 0 Å². The van der Waals surface area contributed by atoms with Gasteiger partial charge in [0.05, 0.1) is 6.04 Å². The summed E-state index contributed by atoms with van der Waals surface area (Å²) in [5.41, 5.74) is 2.71. The highest BCUT2D eigenvalue weighted by atomic mass is 79.9. The van der Waals surface area contributed by atoms with Gasteiger partial charge in [-0.05, 0) is 29.8 Å². The summed E-state index contributed by atoms with van der Waals surface area (Å²) < 4.78 is 1.14. The van der Waals surface area contributed by atoms with Crippen LogP contribution in [0.3, 0.4) is 0 Å². The zero-order chi connectivity index (χ0) is 11.0. The molecule has 1 atom stereocenters. The summed E-state index contributed by atoms with van der Waals surface area (Å²) in [4.78, 5) is 2.41. The lowest BCUT2D eigenvalue weighted by atomic mass is 10.2. The van der Waals surface area contributed by atoms with Crippen molar-refractivity contribution in [3.63, 3.8) is 0 Å². The highest BCUT2D eigenvalue weighted by Gasteiger charge is 2.35. The summed E-state index contributed by atoms with van der Waals surface area (Å²) >= 11 is 3.46. The molecular formula is C14H12BrN. The van der Waals surface area contributed by atoms with E-state index in [2.05, 4.69) is 75.4 Å². The van der Waals surface area contributed by atoms with E-state index in [4.69, 9.17) is 0 Å². The third-order valence-corrected chi connectivity index (χ3v) is 3.48. The Kier molecular flexibility index (Phi) is 2.44. The van der Waals surface area contributed by atoms with E-state index >= 15 is 0 Å². The minimum absolute atomic E-state index is 0.565. The van der Waals surface area contributed by atoms with Gasteiger partial charge in [-0.2, -0.15) is 0 Å². The van der Waals surface area contributed by atoms with E-state index in [1.807, 2.05) is 0 Å². The fourth-order valence-corrected chi connectivity index (χ4v) is 2.28. The summed E-state index contributed by atoms with van der Waals surface area (Å²) in [6.45, 7) is 1.13. The maximum absolute atomic E-state index is 3.46. The van der Waals surface area contributed by atoms with Gasteiger partial charge in [0.1, 0.15) is 0 Å². The Morgan fingerprint density at radius 3 is 2.31 bits per heavy atom. The van der Waals surface area contributed by atoms with Crippen LogP contribution in [0.25, 0.3) is 0 Å². The van der Waals surface area contributed by atoms with Crippen molar-refractivity contribution >= 4 is 21.6 Å². The standard InChI is InChI=1S/C14H12BrN/c15-12-8-6-11(7-9-12)14-10-16(14)13-4-2-1-3-5-13/h1-9,14H,10H2. The van der Waals surface area contributed by atoms with Crippen LogP contribution in [0.2, 0.25) is 0 Å². The number of anilines is 1. The quantitative estimate of drug-likeness (QED) is 0.748. The van der Waals surface area contributed by atoms with Crippen LogP contribution >= 0.6 is 15.9 Å². The minimum Gasteiger partial charge on any atom is -0.360 e. The average Bonchev–Trinajstić information content (AvgIpc) is 3.11. The Labute approximate surface area is 104 Å². The molecular weight excluding hydrogens is 262 g/mol. The lowest BCUT2D eigenvalue weighted by molar-refractivity contribution is 1.12. The number of hydrogen-bond donors (Lipinski definition) is 0. The molecule has 1 aliphatic rings. The molecule has 1 fully saturated rings. The molecule has 1 aliphatic heterocycles. The number of hydrogen-bond acceptors (Lipinski definition) is 1. The average molecular weight is 274 g/mol. The van der Waals surface area contributed by atoms with Crippen LogP contribution in [0.5, 0.6) is 0 Å². The van der Waals surface area contributed by atoms with Gasteiger partial charge in [0.2, 0.25) is 0 Å². The first-order valence-corrected chi connectivity index (χ1v) is 6.21. The highest BCUT2D eigenvalue weighted by Crippen LogP contribution is 2.39. The van der Waals surface area contributed by atoms with E-state index in [0.717, 1.165) is 11.0 Å². The van der Waals surface area contributed by atoms with Crippen molar-refractivity contribution in [1.29, 1.82) is 0 Å². The second kappa shape index (κ2) is 3.95. The molecule has 2 aromatic rings. The van der Waals surface area contributed by atoms with Crippen molar-refractivity contribution in [3.8, 4) is 0 Å². The Balaban J connectivity index is 1.79. The lowest BCUT2D eigenvalue weighted by Gasteiger charge is -2.05. The normalized spacial score (nSPS) is 18.6. The first-order valence-electron chi connectivity index (χ1n) is 5.42. The summed E-state index contributed by atoms with van der Waals surface area (Å²) in [5.74, 6) is 0. The monoisotopic (exact) mass is 273 g/mol. The molecule has 80 valence electrons. The largest absolute Gasteiger partial charge is 0.360 e. The number of benzene rings is 2. The van der Waals surface area contributed by atoms with Crippen LogP contribution < -0.4 is 4.90 Å². The van der Waals surface area contributed by atoms with Gasteiger partial charge in [-0.3, -0.25) is 0 Å². The molecule has 1 saturated heterocycles. The van der Waals surface area contributed by atoms with Gasteiger partial charge in [-0.15, -0.1) is 0 Å². The Morgan fingerprint density at radius 2 is 1.62 bits per heavy atom. The molecule has 16 heavy (non-hydrogen) atoms. The molecule has 0 aliphatic carbocycles. The zero-order valence-electron chi connectivity index (χ0n) is 8.81. The fraction of sp³-hybridized carbons (Fsp3) is 0.143. The van der Waals surface area contributed by atoms with E-state index in [-0.39, 0.29) is 0 Å². The minimum atomic E-state index is 0.565. The van der Waals surface area contributed by atoms with Crippen LogP contribution in [0.1, 0.15) is 11.6 Å². The van der Waals surface area contributed by atoms with Crippen molar-refractivity contribution in [3.05, 3.63) is 64.6 Å². The molecule has 3 rings (SSSR count). The van der Waals surface area contributed by atoms with Gasteiger partial charge in [0, 0.05) is 16.7 Å². The highest BCUT2D eigenvalue weighted by molar-refractivity contribution is 9.10. The van der Waals surface area contributed by atoms with Gasteiger partial charge in [0.25, 0.3) is 0 Å². The van der Waals surface area contributed by atoms with E-state index in [9.17, 15) is 0 Å².